The van der Waals surface area contributed by atoms with E-state index < -0.39 is 11.7 Å². The van der Waals surface area contributed by atoms with Gasteiger partial charge in [0, 0.05) is 17.7 Å². The van der Waals surface area contributed by atoms with Gasteiger partial charge < -0.3 is 4.74 Å². The van der Waals surface area contributed by atoms with Gasteiger partial charge >= 0.3 is 0 Å². The molecule has 1 aromatic carbocycles. The van der Waals surface area contributed by atoms with Crippen LogP contribution in [0.1, 0.15) is 29.5 Å². The summed E-state index contributed by atoms with van der Waals surface area (Å²) in [5, 5.41) is 16.2. The maximum Gasteiger partial charge on any atom is 0.275 e. The third-order valence-electron chi connectivity index (χ3n) is 4.43. The van der Waals surface area contributed by atoms with Crippen LogP contribution in [0.4, 0.5) is 9.52 Å². The van der Waals surface area contributed by atoms with E-state index in [4.69, 9.17) is 4.74 Å². The molecule has 164 valence electrons. The summed E-state index contributed by atoms with van der Waals surface area (Å²) in [6, 6.07) is 7.32. The maximum atomic E-state index is 13.5. The van der Waals surface area contributed by atoms with E-state index in [-0.39, 0.29) is 17.9 Å². The predicted octanol–water partition coefficient (Wildman–Crippen LogP) is 3.33. The fraction of sp³-hybridized carbons (Fsp3) is 0.263. The number of hydrogen-bond donors (Lipinski definition) is 1. The van der Waals surface area contributed by atoms with Crippen molar-refractivity contribution in [2.24, 2.45) is 0 Å². The number of nitrogens with one attached hydrogen (secondary N) is 1. The molecule has 4 aromatic rings. The Morgan fingerprint density at radius 1 is 1.28 bits per heavy atom. The van der Waals surface area contributed by atoms with Crippen molar-refractivity contribution in [2.45, 2.75) is 28.9 Å². The van der Waals surface area contributed by atoms with Gasteiger partial charge in [-0.25, -0.2) is 9.37 Å². The quantitative estimate of drug-likeness (QED) is 0.296. The zero-order valence-electron chi connectivity index (χ0n) is 16.4. The molecular weight excluding hydrogens is 475 g/mol. The Balaban J connectivity index is 1.17. The molecule has 0 radical (unpaired) electrons. The highest BCUT2D eigenvalue weighted by Gasteiger charge is 2.28. The topological polar surface area (TPSA) is 111 Å². The standard InChI is InChI=1S/C19H15FN6O3S3/c20-12-3-1-2-4-13(12)29-8-14(27)22-17-23-24-19(32-17)30-9-11-7-15(28)26-18(21-11)31-16(25-26)10-5-6-10/h1-4,7,10H,5-6,8-9H2,(H,22,23,27). The summed E-state index contributed by atoms with van der Waals surface area (Å²) >= 11 is 4.01. The number of aromatic nitrogens is 5. The number of carbonyl (C=O) groups excluding carboxylic acids is 1. The number of ether oxygens (including phenoxy) is 1. The molecule has 1 aliphatic rings. The summed E-state index contributed by atoms with van der Waals surface area (Å²) in [5.74, 6) is -0.115. The highest BCUT2D eigenvalue weighted by molar-refractivity contribution is 8.00. The summed E-state index contributed by atoms with van der Waals surface area (Å²) in [6.45, 7) is -0.353. The zero-order chi connectivity index (χ0) is 22.1. The summed E-state index contributed by atoms with van der Waals surface area (Å²) < 4.78 is 20.7. The van der Waals surface area contributed by atoms with Gasteiger partial charge in [-0.2, -0.15) is 9.61 Å². The van der Waals surface area contributed by atoms with E-state index >= 15 is 0 Å². The van der Waals surface area contributed by atoms with Crippen molar-refractivity contribution in [1.29, 1.82) is 0 Å². The Labute approximate surface area is 192 Å². The van der Waals surface area contributed by atoms with Gasteiger partial charge in [-0.15, -0.1) is 10.2 Å². The molecule has 13 heteroatoms. The molecular formula is C19H15FN6O3S3. The van der Waals surface area contributed by atoms with Gasteiger partial charge in [-0.3, -0.25) is 14.9 Å². The van der Waals surface area contributed by atoms with Gasteiger partial charge in [0.25, 0.3) is 11.5 Å². The highest BCUT2D eigenvalue weighted by atomic mass is 32.2. The van der Waals surface area contributed by atoms with E-state index in [1.54, 1.807) is 6.07 Å². The maximum absolute atomic E-state index is 13.5. The van der Waals surface area contributed by atoms with Crippen molar-refractivity contribution < 1.29 is 13.9 Å². The molecule has 0 bridgehead atoms. The molecule has 1 fully saturated rings. The van der Waals surface area contributed by atoms with Crippen molar-refractivity contribution in [3.8, 4) is 5.75 Å². The van der Waals surface area contributed by atoms with Gasteiger partial charge in [0.1, 0.15) is 5.01 Å². The van der Waals surface area contributed by atoms with Crippen LogP contribution < -0.4 is 15.6 Å². The lowest BCUT2D eigenvalue weighted by molar-refractivity contribution is -0.118. The van der Waals surface area contributed by atoms with Crippen molar-refractivity contribution in [3.63, 3.8) is 0 Å². The van der Waals surface area contributed by atoms with Crippen molar-refractivity contribution >= 4 is 50.4 Å². The molecule has 32 heavy (non-hydrogen) atoms. The number of halogens is 1. The van der Waals surface area contributed by atoms with Crippen molar-refractivity contribution in [2.75, 3.05) is 11.9 Å². The van der Waals surface area contributed by atoms with E-state index in [1.165, 1.54) is 63.2 Å². The fourth-order valence-corrected chi connectivity index (χ4v) is 5.51. The molecule has 3 aromatic heterocycles. The molecule has 5 rings (SSSR count). The molecule has 1 amide bonds. The van der Waals surface area contributed by atoms with E-state index in [2.05, 4.69) is 25.6 Å². The lowest BCUT2D eigenvalue weighted by atomic mass is 10.3. The summed E-state index contributed by atoms with van der Waals surface area (Å²) in [4.78, 5) is 29.5. The number of para-hydroxylation sites is 1. The Hall–Kier alpha value is -2.90. The molecule has 1 N–H and O–H groups in total. The molecule has 9 nitrogen and oxygen atoms in total. The van der Waals surface area contributed by atoms with Gasteiger partial charge in [-0.1, -0.05) is 46.6 Å². The van der Waals surface area contributed by atoms with Crippen LogP contribution in [0.5, 0.6) is 5.75 Å². The Bertz CT molecular complexity index is 1350. The molecule has 0 unspecified atom stereocenters. The van der Waals surface area contributed by atoms with Crippen LogP contribution in [-0.4, -0.2) is 37.3 Å². The molecule has 1 aliphatic carbocycles. The molecule has 3 heterocycles. The predicted molar refractivity (Wildman–Crippen MR) is 119 cm³/mol. The molecule has 0 spiro atoms. The minimum absolute atomic E-state index is 0.00160. The Morgan fingerprint density at radius 2 is 2.12 bits per heavy atom. The van der Waals surface area contributed by atoms with Gasteiger partial charge in [-0.05, 0) is 25.0 Å². The second-order valence-electron chi connectivity index (χ2n) is 6.92. The third kappa shape index (κ3) is 4.79. The van der Waals surface area contributed by atoms with Crippen molar-refractivity contribution in [1.82, 2.24) is 24.8 Å². The highest BCUT2D eigenvalue weighted by Crippen LogP contribution is 2.41. The zero-order valence-corrected chi connectivity index (χ0v) is 18.8. The smallest absolute Gasteiger partial charge is 0.275 e. The SMILES string of the molecule is O=C(COc1ccccc1F)Nc1nnc(SCc2cc(=O)n3nc(C4CC4)sc3n2)s1. The average Bonchev–Trinajstić information content (AvgIpc) is 3.38. The van der Waals surface area contributed by atoms with Crippen LogP contribution in [0.25, 0.3) is 4.96 Å². The van der Waals surface area contributed by atoms with Crippen LogP contribution in [-0.2, 0) is 10.5 Å². The lowest BCUT2D eigenvalue weighted by Gasteiger charge is -2.05. The lowest BCUT2D eigenvalue weighted by Crippen LogP contribution is -2.20. The second kappa shape index (κ2) is 8.92. The first kappa shape index (κ1) is 21.0. The van der Waals surface area contributed by atoms with Crippen LogP contribution >= 0.6 is 34.4 Å². The monoisotopic (exact) mass is 490 g/mol. The molecule has 1 saturated carbocycles. The second-order valence-corrected chi connectivity index (χ2v) is 10.1. The number of rotatable bonds is 8. The normalized spacial score (nSPS) is 13.4. The number of anilines is 1. The number of hydrogen-bond acceptors (Lipinski definition) is 10. The van der Waals surface area contributed by atoms with Crippen LogP contribution in [0, 0.1) is 5.82 Å². The fourth-order valence-electron chi connectivity index (χ4n) is 2.75. The van der Waals surface area contributed by atoms with E-state index in [0.717, 1.165) is 17.8 Å². The number of benzene rings is 1. The first-order chi connectivity index (χ1) is 15.5. The number of thioether (sulfide) groups is 1. The summed E-state index contributed by atoms with van der Waals surface area (Å²) in [5.41, 5.74) is 0.430. The number of carbonyl (C=O) groups is 1. The summed E-state index contributed by atoms with van der Waals surface area (Å²) in [6.07, 6.45) is 2.23. The number of nitrogens with zero attached hydrogens (tertiary/aromatic N) is 5. The average molecular weight is 491 g/mol. The first-order valence-corrected chi connectivity index (χ1v) is 12.2. The molecule has 0 saturated heterocycles. The van der Waals surface area contributed by atoms with Crippen LogP contribution in [0.2, 0.25) is 0 Å². The number of fused-ring (bicyclic) bond motifs is 1. The van der Waals surface area contributed by atoms with Gasteiger partial charge in [0.15, 0.2) is 22.5 Å². The number of amides is 1. The Morgan fingerprint density at radius 3 is 2.94 bits per heavy atom. The summed E-state index contributed by atoms with van der Waals surface area (Å²) in [7, 11) is 0. The van der Waals surface area contributed by atoms with E-state index in [0.29, 0.717) is 31.8 Å². The van der Waals surface area contributed by atoms with Crippen LogP contribution in [0.15, 0.2) is 39.5 Å². The Kier molecular flexibility index (Phi) is 5.85. The largest absolute Gasteiger partial charge is 0.481 e. The van der Waals surface area contributed by atoms with Crippen LogP contribution in [0.3, 0.4) is 0 Å². The van der Waals surface area contributed by atoms with Crippen molar-refractivity contribution in [3.05, 3.63) is 57.2 Å². The minimum atomic E-state index is -0.538. The molecule has 0 aliphatic heterocycles. The third-order valence-corrected chi connectivity index (χ3v) is 7.51. The first-order valence-electron chi connectivity index (χ1n) is 9.58. The molecule has 0 atom stereocenters. The van der Waals surface area contributed by atoms with E-state index in [1.807, 2.05) is 0 Å². The van der Waals surface area contributed by atoms with Gasteiger partial charge in [0.2, 0.25) is 10.1 Å². The van der Waals surface area contributed by atoms with E-state index in [9.17, 15) is 14.0 Å². The minimum Gasteiger partial charge on any atom is -0.481 e. The van der Waals surface area contributed by atoms with Gasteiger partial charge in [0.05, 0.1) is 5.69 Å².